The molecule has 2 aromatic rings. The molecular formula is C23H32NO2+. The van der Waals surface area contributed by atoms with Crippen molar-refractivity contribution in [3.05, 3.63) is 59.4 Å². The lowest BCUT2D eigenvalue weighted by Gasteiger charge is -2.18. The quantitative estimate of drug-likeness (QED) is 0.266. The first-order chi connectivity index (χ1) is 12.4. The fraction of sp³-hybridized carbons (Fsp3) is 0.478. The first kappa shape index (κ1) is 20.2. The van der Waals surface area contributed by atoms with Crippen LogP contribution >= 0.6 is 0 Å². The van der Waals surface area contributed by atoms with Crippen molar-refractivity contribution in [1.29, 1.82) is 0 Å². The van der Waals surface area contributed by atoms with Gasteiger partial charge in [0.2, 0.25) is 0 Å². The molecule has 0 unspecified atom stereocenters. The molecule has 1 heterocycles. The molecule has 2 rings (SSSR count). The van der Waals surface area contributed by atoms with Crippen LogP contribution < -0.4 is 9.30 Å². The van der Waals surface area contributed by atoms with Crippen LogP contribution in [-0.2, 0) is 6.54 Å². The molecule has 0 N–H and O–H groups in total. The van der Waals surface area contributed by atoms with Crippen molar-refractivity contribution in [1.82, 2.24) is 0 Å². The minimum atomic E-state index is -0.291. The zero-order valence-corrected chi connectivity index (χ0v) is 16.8. The highest BCUT2D eigenvalue weighted by molar-refractivity contribution is 5.91. The van der Waals surface area contributed by atoms with Gasteiger partial charge in [0.05, 0.1) is 5.56 Å². The predicted molar refractivity (Wildman–Crippen MR) is 106 cm³/mol. The van der Waals surface area contributed by atoms with Gasteiger partial charge in [-0.3, -0.25) is 0 Å². The highest BCUT2D eigenvalue weighted by atomic mass is 16.5. The standard InChI is InChI=1S/C23H32NO2/c1-6-7-8-14-24-15-12-19(13-16-24)23(25)26-22-20(17(2)3)10-9-11-21(22)18(4)5/h9-13,15-18H,6-8,14H2,1-5H3/q+1. The molecule has 0 saturated heterocycles. The van der Waals surface area contributed by atoms with Gasteiger partial charge in [-0.25, -0.2) is 9.36 Å². The molecule has 1 aromatic carbocycles. The molecule has 1 aromatic heterocycles. The van der Waals surface area contributed by atoms with E-state index < -0.39 is 0 Å². The SMILES string of the molecule is CCCCC[n+]1ccc(C(=O)Oc2c(C(C)C)cccc2C(C)C)cc1. The number of hydrogen-bond donors (Lipinski definition) is 0. The van der Waals surface area contributed by atoms with E-state index >= 15 is 0 Å². The Hall–Kier alpha value is -2.16. The maximum absolute atomic E-state index is 12.7. The summed E-state index contributed by atoms with van der Waals surface area (Å²) in [5.74, 6) is 1.03. The summed E-state index contributed by atoms with van der Waals surface area (Å²) in [7, 11) is 0. The van der Waals surface area contributed by atoms with Crippen molar-refractivity contribution < 1.29 is 14.1 Å². The van der Waals surface area contributed by atoms with Gasteiger partial charge in [-0.05, 0) is 29.4 Å². The smallest absolute Gasteiger partial charge is 0.344 e. The highest BCUT2D eigenvalue weighted by Gasteiger charge is 2.19. The van der Waals surface area contributed by atoms with Crippen LogP contribution in [0.2, 0.25) is 0 Å². The lowest BCUT2D eigenvalue weighted by atomic mass is 9.94. The summed E-state index contributed by atoms with van der Waals surface area (Å²) in [6.45, 7) is 11.7. The Labute approximate surface area is 158 Å². The van der Waals surface area contributed by atoms with Crippen LogP contribution in [0, 0.1) is 0 Å². The van der Waals surface area contributed by atoms with Crippen LogP contribution in [0.1, 0.15) is 87.2 Å². The van der Waals surface area contributed by atoms with Gasteiger partial charge in [0.25, 0.3) is 0 Å². The molecule has 140 valence electrons. The van der Waals surface area contributed by atoms with Crippen LogP contribution in [0.15, 0.2) is 42.7 Å². The number of carbonyl (C=O) groups is 1. The molecule has 0 aliphatic carbocycles. The lowest BCUT2D eigenvalue weighted by molar-refractivity contribution is -0.697. The second-order valence-corrected chi connectivity index (χ2v) is 7.50. The van der Waals surface area contributed by atoms with Gasteiger partial charge in [0.15, 0.2) is 12.4 Å². The summed E-state index contributed by atoms with van der Waals surface area (Å²) in [6, 6.07) is 9.84. The van der Waals surface area contributed by atoms with Gasteiger partial charge >= 0.3 is 5.97 Å². The second-order valence-electron chi connectivity index (χ2n) is 7.50. The van der Waals surface area contributed by atoms with Crippen molar-refractivity contribution in [2.75, 3.05) is 0 Å². The van der Waals surface area contributed by atoms with E-state index in [1.807, 2.05) is 42.7 Å². The minimum Gasteiger partial charge on any atom is -0.422 e. The van der Waals surface area contributed by atoms with Crippen molar-refractivity contribution in [2.24, 2.45) is 0 Å². The Morgan fingerprint density at radius 2 is 1.54 bits per heavy atom. The number of carbonyl (C=O) groups excluding carboxylic acids is 1. The van der Waals surface area contributed by atoms with Crippen LogP contribution in [0.3, 0.4) is 0 Å². The van der Waals surface area contributed by atoms with Crippen molar-refractivity contribution in [3.63, 3.8) is 0 Å². The first-order valence-corrected chi connectivity index (χ1v) is 9.78. The Morgan fingerprint density at radius 1 is 0.962 bits per heavy atom. The number of nitrogens with zero attached hydrogens (tertiary/aromatic N) is 1. The van der Waals surface area contributed by atoms with E-state index in [0.717, 1.165) is 29.8 Å². The predicted octanol–water partition coefficient (Wildman–Crippen LogP) is 5.63. The largest absolute Gasteiger partial charge is 0.422 e. The summed E-state index contributed by atoms with van der Waals surface area (Å²) >= 11 is 0. The molecule has 0 aliphatic rings. The number of benzene rings is 1. The summed E-state index contributed by atoms with van der Waals surface area (Å²) in [6.07, 6.45) is 7.51. The molecule has 0 bridgehead atoms. The second kappa shape index (κ2) is 9.51. The monoisotopic (exact) mass is 354 g/mol. The van der Waals surface area contributed by atoms with Crippen LogP contribution in [0.25, 0.3) is 0 Å². The number of aromatic nitrogens is 1. The van der Waals surface area contributed by atoms with E-state index in [1.165, 1.54) is 12.8 Å². The van der Waals surface area contributed by atoms with Gasteiger partial charge in [-0.2, -0.15) is 0 Å². The molecule has 0 radical (unpaired) electrons. The number of hydrogen-bond acceptors (Lipinski definition) is 2. The topological polar surface area (TPSA) is 30.2 Å². The minimum absolute atomic E-state index is 0.291. The molecule has 3 nitrogen and oxygen atoms in total. The van der Waals surface area contributed by atoms with E-state index in [0.29, 0.717) is 17.4 Å². The average Bonchev–Trinajstić information content (AvgIpc) is 2.62. The molecule has 0 saturated carbocycles. The number of para-hydroxylation sites is 1. The third-order valence-corrected chi connectivity index (χ3v) is 4.66. The third kappa shape index (κ3) is 5.17. The fourth-order valence-electron chi connectivity index (χ4n) is 3.04. The average molecular weight is 355 g/mol. The Kier molecular flexibility index (Phi) is 7.38. The summed E-state index contributed by atoms with van der Waals surface area (Å²) in [5.41, 5.74) is 2.75. The van der Waals surface area contributed by atoms with E-state index in [4.69, 9.17) is 4.74 Å². The van der Waals surface area contributed by atoms with E-state index in [-0.39, 0.29) is 5.97 Å². The first-order valence-electron chi connectivity index (χ1n) is 9.78. The maximum Gasteiger partial charge on any atom is 0.344 e. The molecule has 26 heavy (non-hydrogen) atoms. The number of unbranched alkanes of at least 4 members (excludes halogenated alkanes) is 2. The number of ether oxygens (including phenoxy) is 1. The lowest BCUT2D eigenvalue weighted by Crippen LogP contribution is -2.33. The number of esters is 1. The summed E-state index contributed by atoms with van der Waals surface area (Å²) in [4.78, 5) is 12.7. The fourth-order valence-corrected chi connectivity index (χ4v) is 3.04. The Morgan fingerprint density at radius 3 is 2.04 bits per heavy atom. The van der Waals surface area contributed by atoms with E-state index in [1.54, 1.807) is 0 Å². The van der Waals surface area contributed by atoms with Gasteiger partial charge in [-0.15, -0.1) is 0 Å². The normalized spacial score (nSPS) is 11.2. The highest BCUT2D eigenvalue weighted by Crippen LogP contribution is 2.34. The Bertz CT molecular complexity index is 691. The molecule has 0 spiro atoms. The van der Waals surface area contributed by atoms with Gasteiger partial charge in [-0.1, -0.05) is 59.2 Å². The molecular weight excluding hydrogens is 322 g/mol. The van der Waals surface area contributed by atoms with Crippen molar-refractivity contribution in [3.8, 4) is 5.75 Å². The molecule has 0 amide bonds. The zero-order chi connectivity index (χ0) is 19.1. The number of rotatable bonds is 8. The molecule has 3 heteroatoms. The molecule has 0 fully saturated rings. The van der Waals surface area contributed by atoms with Crippen molar-refractivity contribution >= 4 is 5.97 Å². The zero-order valence-electron chi connectivity index (χ0n) is 16.8. The van der Waals surface area contributed by atoms with Crippen LogP contribution in [0.5, 0.6) is 5.75 Å². The summed E-state index contributed by atoms with van der Waals surface area (Å²) in [5, 5.41) is 0. The van der Waals surface area contributed by atoms with Crippen LogP contribution in [-0.4, -0.2) is 5.97 Å². The Balaban J connectivity index is 2.19. The number of pyridine rings is 1. The van der Waals surface area contributed by atoms with Crippen molar-refractivity contribution in [2.45, 2.75) is 72.3 Å². The third-order valence-electron chi connectivity index (χ3n) is 4.66. The molecule has 0 atom stereocenters. The summed E-state index contributed by atoms with van der Waals surface area (Å²) < 4.78 is 7.99. The van der Waals surface area contributed by atoms with E-state index in [9.17, 15) is 4.79 Å². The van der Waals surface area contributed by atoms with Crippen LogP contribution in [0.4, 0.5) is 0 Å². The van der Waals surface area contributed by atoms with Gasteiger partial charge in [0, 0.05) is 18.6 Å². The maximum atomic E-state index is 12.7. The molecule has 0 aliphatic heterocycles. The van der Waals surface area contributed by atoms with Gasteiger partial charge < -0.3 is 4.74 Å². The number of aryl methyl sites for hydroxylation is 1. The van der Waals surface area contributed by atoms with E-state index in [2.05, 4.69) is 39.2 Å². The van der Waals surface area contributed by atoms with Gasteiger partial charge in [0.1, 0.15) is 12.3 Å².